The Bertz CT molecular complexity index is 397. The van der Waals surface area contributed by atoms with E-state index in [4.69, 9.17) is 0 Å². The lowest BCUT2D eigenvalue weighted by atomic mass is 10.1. The van der Waals surface area contributed by atoms with E-state index in [9.17, 15) is 0 Å². The summed E-state index contributed by atoms with van der Waals surface area (Å²) in [5.41, 5.74) is 1.30. The van der Waals surface area contributed by atoms with Gasteiger partial charge in [-0.1, -0.05) is 68.3 Å². The molecule has 0 N–H and O–H groups in total. The molecule has 0 aliphatic heterocycles. The minimum atomic E-state index is 0.317. The number of hydrogen-bond acceptors (Lipinski definition) is 1. The topological polar surface area (TPSA) is 0 Å². The lowest BCUT2D eigenvalue weighted by molar-refractivity contribution is 0.958. The van der Waals surface area contributed by atoms with Gasteiger partial charge in [0, 0.05) is 4.88 Å². The summed E-state index contributed by atoms with van der Waals surface area (Å²) in [6.07, 6.45) is 0. The Morgan fingerprint density at radius 3 is 2.20 bits per heavy atom. The van der Waals surface area contributed by atoms with E-state index < -0.39 is 0 Å². The Hall–Kier alpha value is -0.120. The fourth-order valence-corrected chi connectivity index (χ4v) is 3.68. The maximum atomic E-state index is 3.73. The number of halogens is 2. The summed E-state index contributed by atoms with van der Waals surface area (Å²) < 4.78 is 0. The van der Waals surface area contributed by atoms with Crippen LogP contribution in [0.2, 0.25) is 0 Å². The number of alkyl halides is 2. The quantitative estimate of drug-likeness (QED) is 0.660. The second-order valence-electron chi connectivity index (χ2n) is 3.23. The lowest BCUT2D eigenvalue weighted by Gasteiger charge is -2.15. The van der Waals surface area contributed by atoms with E-state index in [1.165, 1.54) is 10.4 Å². The van der Waals surface area contributed by atoms with Gasteiger partial charge in [0.25, 0.3) is 0 Å². The predicted octanol–water partition coefficient (Wildman–Crippen LogP) is 5.32. The zero-order chi connectivity index (χ0) is 10.7. The van der Waals surface area contributed by atoms with Crippen molar-refractivity contribution in [2.45, 2.75) is 9.65 Å². The molecule has 1 aromatic carbocycles. The van der Waals surface area contributed by atoms with Crippen molar-refractivity contribution in [1.82, 2.24) is 0 Å². The molecule has 3 heteroatoms. The van der Waals surface area contributed by atoms with Crippen molar-refractivity contribution in [2.75, 3.05) is 0 Å². The van der Waals surface area contributed by atoms with Crippen molar-refractivity contribution < 1.29 is 0 Å². The predicted molar refractivity (Wildman–Crippen MR) is 74.1 cm³/mol. The molecule has 0 radical (unpaired) electrons. The molecular weight excluding hydrogens is 336 g/mol. The molecule has 15 heavy (non-hydrogen) atoms. The van der Waals surface area contributed by atoms with Crippen molar-refractivity contribution in [3.05, 3.63) is 58.3 Å². The van der Waals surface area contributed by atoms with E-state index in [1.807, 2.05) is 6.07 Å². The monoisotopic (exact) mass is 344 g/mol. The molecule has 0 aliphatic carbocycles. The molecule has 0 fully saturated rings. The maximum Gasteiger partial charge on any atom is 0.0654 e. The average molecular weight is 346 g/mol. The summed E-state index contributed by atoms with van der Waals surface area (Å²) in [5.74, 6) is 0. The summed E-state index contributed by atoms with van der Waals surface area (Å²) in [4.78, 5) is 2.00. The first-order valence-corrected chi connectivity index (χ1v) is 7.36. The molecule has 0 saturated heterocycles. The molecule has 78 valence electrons. The fraction of sp³-hybridized carbons (Fsp3) is 0.167. The molecule has 2 aromatic rings. The molecule has 0 amide bonds. The van der Waals surface area contributed by atoms with Gasteiger partial charge >= 0.3 is 0 Å². The van der Waals surface area contributed by atoms with Gasteiger partial charge in [-0.2, -0.15) is 0 Å². The maximum absolute atomic E-state index is 3.73. The third-order valence-corrected chi connectivity index (χ3v) is 6.24. The van der Waals surface area contributed by atoms with Crippen molar-refractivity contribution in [3.63, 3.8) is 0 Å². The van der Waals surface area contributed by atoms with E-state index in [1.54, 1.807) is 11.3 Å². The summed E-state index contributed by atoms with van der Waals surface area (Å²) in [6, 6.07) is 14.7. The second-order valence-corrected chi connectivity index (χ2v) is 6.18. The van der Waals surface area contributed by atoms with E-state index in [0.29, 0.717) is 9.65 Å². The molecule has 0 nitrogen and oxygen atoms in total. The van der Waals surface area contributed by atoms with Gasteiger partial charge in [0.1, 0.15) is 0 Å². The summed E-state index contributed by atoms with van der Waals surface area (Å²) in [7, 11) is 0. The summed E-state index contributed by atoms with van der Waals surface area (Å²) in [6.45, 7) is 0. The van der Waals surface area contributed by atoms with Crippen LogP contribution >= 0.6 is 43.2 Å². The normalized spacial score (nSPS) is 14.8. The minimum Gasteiger partial charge on any atom is -0.148 e. The van der Waals surface area contributed by atoms with Gasteiger partial charge in [0.15, 0.2) is 0 Å². The zero-order valence-electron chi connectivity index (χ0n) is 7.94. The van der Waals surface area contributed by atoms with Crippen LogP contribution in [0, 0.1) is 0 Å². The third kappa shape index (κ3) is 2.71. The Balaban J connectivity index is 2.18. The molecule has 1 heterocycles. The molecule has 2 atom stereocenters. The van der Waals surface area contributed by atoms with Gasteiger partial charge in [-0.15, -0.1) is 11.3 Å². The van der Waals surface area contributed by atoms with Crippen molar-refractivity contribution >= 4 is 43.2 Å². The summed E-state index contributed by atoms with van der Waals surface area (Å²) >= 11 is 9.24. The van der Waals surface area contributed by atoms with E-state index in [-0.39, 0.29) is 0 Å². The molecule has 0 bridgehead atoms. The number of benzene rings is 1. The van der Waals surface area contributed by atoms with Crippen LogP contribution in [0.25, 0.3) is 0 Å². The highest BCUT2D eigenvalue weighted by Crippen LogP contribution is 2.43. The number of hydrogen-bond donors (Lipinski definition) is 0. The number of rotatable bonds is 3. The average Bonchev–Trinajstić information content (AvgIpc) is 2.82. The molecule has 0 aliphatic rings. The van der Waals surface area contributed by atoms with Crippen LogP contribution in [0.15, 0.2) is 47.8 Å². The van der Waals surface area contributed by atoms with E-state index in [0.717, 1.165) is 0 Å². The highest BCUT2D eigenvalue weighted by molar-refractivity contribution is 9.12. The smallest absolute Gasteiger partial charge is 0.0654 e. The Labute approximate surface area is 111 Å². The van der Waals surface area contributed by atoms with Crippen molar-refractivity contribution in [3.8, 4) is 0 Å². The van der Waals surface area contributed by atoms with Gasteiger partial charge in [0.2, 0.25) is 0 Å². The molecule has 0 spiro atoms. The highest BCUT2D eigenvalue weighted by Gasteiger charge is 2.19. The van der Waals surface area contributed by atoms with Gasteiger partial charge < -0.3 is 0 Å². The molecule has 2 rings (SSSR count). The molecule has 2 unspecified atom stereocenters. The SMILES string of the molecule is BrC(c1ccccc1)C(Br)c1cccs1. The van der Waals surface area contributed by atoms with E-state index >= 15 is 0 Å². The third-order valence-electron chi connectivity index (χ3n) is 2.19. The van der Waals surface area contributed by atoms with Crippen LogP contribution in [-0.4, -0.2) is 0 Å². The largest absolute Gasteiger partial charge is 0.148 e. The molecule has 1 aromatic heterocycles. The van der Waals surface area contributed by atoms with Gasteiger partial charge in [0.05, 0.1) is 9.65 Å². The first-order valence-electron chi connectivity index (χ1n) is 4.65. The van der Waals surface area contributed by atoms with Gasteiger partial charge in [-0.25, -0.2) is 0 Å². The number of thiophene rings is 1. The van der Waals surface area contributed by atoms with Crippen molar-refractivity contribution in [1.29, 1.82) is 0 Å². The Kier molecular flexibility index (Phi) is 4.00. The van der Waals surface area contributed by atoms with Gasteiger partial charge in [-0.05, 0) is 17.0 Å². The van der Waals surface area contributed by atoms with Crippen LogP contribution in [0.1, 0.15) is 20.1 Å². The Morgan fingerprint density at radius 1 is 0.867 bits per heavy atom. The van der Waals surface area contributed by atoms with Crippen LogP contribution in [0.3, 0.4) is 0 Å². The standard InChI is InChI=1S/C12H10Br2S/c13-11(9-5-2-1-3-6-9)12(14)10-7-4-8-15-10/h1-8,11-12H. The van der Waals surface area contributed by atoms with E-state index in [2.05, 4.69) is 73.6 Å². The van der Waals surface area contributed by atoms with Crippen LogP contribution in [0.4, 0.5) is 0 Å². The zero-order valence-corrected chi connectivity index (χ0v) is 11.9. The minimum absolute atomic E-state index is 0.317. The van der Waals surface area contributed by atoms with Gasteiger partial charge in [-0.3, -0.25) is 0 Å². The second kappa shape index (κ2) is 5.28. The first kappa shape index (κ1) is 11.4. The van der Waals surface area contributed by atoms with Crippen LogP contribution in [0.5, 0.6) is 0 Å². The molecular formula is C12H10Br2S. The first-order chi connectivity index (χ1) is 7.29. The Morgan fingerprint density at radius 2 is 1.60 bits per heavy atom. The van der Waals surface area contributed by atoms with Crippen LogP contribution < -0.4 is 0 Å². The highest BCUT2D eigenvalue weighted by atomic mass is 79.9. The molecule has 0 saturated carbocycles. The fourth-order valence-electron chi connectivity index (χ4n) is 1.40. The van der Waals surface area contributed by atoms with Crippen molar-refractivity contribution in [2.24, 2.45) is 0 Å². The van der Waals surface area contributed by atoms with Crippen LogP contribution in [-0.2, 0) is 0 Å². The lowest BCUT2D eigenvalue weighted by Crippen LogP contribution is -1.96. The summed E-state index contributed by atoms with van der Waals surface area (Å²) in [5, 5.41) is 2.11.